The molecule has 1 aromatic carbocycles. The van der Waals surface area contributed by atoms with E-state index in [4.69, 9.17) is 0 Å². The molecule has 1 saturated heterocycles. The summed E-state index contributed by atoms with van der Waals surface area (Å²) >= 11 is 0. The van der Waals surface area contributed by atoms with Gasteiger partial charge in [0, 0.05) is 24.2 Å². The maximum Gasteiger partial charge on any atom is 0.127 e. The molecule has 0 bridgehead atoms. The summed E-state index contributed by atoms with van der Waals surface area (Å²) < 4.78 is 13.5. The van der Waals surface area contributed by atoms with Crippen LogP contribution in [-0.2, 0) is 6.54 Å². The van der Waals surface area contributed by atoms with Gasteiger partial charge in [0.2, 0.25) is 0 Å². The van der Waals surface area contributed by atoms with E-state index < -0.39 is 0 Å². The Bertz CT molecular complexity index is 392. The van der Waals surface area contributed by atoms with Gasteiger partial charge in [-0.05, 0) is 52.3 Å². The Labute approximate surface area is 116 Å². The van der Waals surface area contributed by atoms with E-state index in [1.165, 1.54) is 25.5 Å². The minimum atomic E-state index is -0.104. The number of nitrogens with one attached hydrogen (secondary N) is 1. The van der Waals surface area contributed by atoms with E-state index in [0.29, 0.717) is 18.6 Å². The van der Waals surface area contributed by atoms with Crippen LogP contribution >= 0.6 is 0 Å². The van der Waals surface area contributed by atoms with Crippen molar-refractivity contribution in [3.8, 4) is 0 Å². The van der Waals surface area contributed by atoms with Crippen LogP contribution in [0.3, 0.4) is 0 Å². The van der Waals surface area contributed by atoms with E-state index in [2.05, 4.69) is 24.1 Å². The molecular formula is C16H25FN2. The number of likely N-dealkylation sites (tertiary alicyclic amines) is 1. The summed E-state index contributed by atoms with van der Waals surface area (Å²) in [5.74, 6) is -0.104. The Hall–Kier alpha value is -0.930. The van der Waals surface area contributed by atoms with Gasteiger partial charge in [0.1, 0.15) is 5.82 Å². The Kier molecular flexibility index (Phi) is 5.34. The van der Waals surface area contributed by atoms with Gasteiger partial charge in [-0.15, -0.1) is 0 Å². The average molecular weight is 264 g/mol. The molecule has 1 heterocycles. The number of benzene rings is 1. The molecule has 19 heavy (non-hydrogen) atoms. The number of hydrogen-bond donors (Lipinski definition) is 1. The minimum absolute atomic E-state index is 0.104. The van der Waals surface area contributed by atoms with Gasteiger partial charge in [-0.1, -0.05) is 18.2 Å². The van der Waals surface area contributed by atoms with Crippen molar-refractivity contribution in [3.63, 3.8) is 0 Å². The smallest absolute Gasteiger partial charge is 0.127 e. The molecule has 0 spiro atoms. The van der Waals surface area contributed by atoms with Gasteiger partial charge in [0.05, 0.1) is 0 Å². The third kappa shape index (κ3) is 4.29. The predicted octanol–water partition coefficient (Wildman–Crippen LogP) is 3.18. The molecule has 106 valence electrons. The molecule has 0 aromatic heterocycles. The lowest BCUT2D eigenvalue weighted by Crippen LogP contribution is -2.33. The van der Waals surface area contributed by atoms with Gasteiger partial charge in [0.25, 0.3) is 0 Å². The van der Waals surface area contributed by atoms with Crippen molar-refractivity contribution in [2.24, 2.45) is 0 Å². The highest BCUT2D eigenvalue weighted by Crippen LogP contribution is 2.14. The highest BCUT2D eigenvalue weighted by Gasteiger charge is 2.18. The fourth-order valence-electron chi connectivity index (χ4n) is 2.74. The molecule has 0 radical (unpaired) electrons. The van der Waals surface area contributed by atoms with Crippen molar-refractivity contribution in [2.45, 2.75) is 51.7 Å². The Morgan fingerprint density at radius 2 is 2.05 bits per heavy atom. The lowest BCUT2D eigenvalue weighted by molar-refractivity contribution is 0.229. The molecule has 3 heteroatoms. The molecule has 2 rings (SSSR count). The van der Waals surface area contributed by atoms with Crippen LogP contribution in [0.4, 0.5) is 4.39 Å². The molecule has 0 saturated carbocycles. The molecule has 1 N–H and O–H groups in total. The van der Waals surface area contributed by atoms with Crippen LogP contribution in [0.15, 0.2) is 24.3 Å². The molecule has 1 atom stereocenters. The molecule has 1 aromatic rings. The lowest BCUT2D eigenvalue weighted by Gasteiger charge is -2.24. The van der Waals surface area contributed by atoms with E-state index in [-0.39, 0.29) is 5.82 Å². The van der Waals surface area contributed by atoms with Crippen LogP contribution < -0.4 is 5.32 Å². The highest BCUT2D eigenvalue weighted by atomic mass is 19.1. The van der Waals surface area contributed by atoms with E-state index in [1.807, 2.05) is 12.1 Å². The quantitative estimate of drug-likeness (QED) is 0.898. The molecule has 2 nitrogen and oxygen atoms in total. The van der Waals surface area contributed by atoms with Crippen LogP contribution in [0.5, 0.6) is 0 Å². The maximum absolute atomic E-state index is 13.5. The summed E-state index contributed by atoms with van der Waals surface area (Å²) in [6, 6.07) is 8.18. The third-order valence-electron chi connectivity index (χ3n) is 4.03. The van der Waals surface area contributed by atoms with Gasteiger partial charge < -0.3 is 10.2 Å². The SMILES string of the molecule is CC(C)N1CCCC(NCc2ccccc2F)CC1. The maximum atomic E-state index is 13.5. The first kappa shape index (κ1) is 14.5. The van der Waals surface area contributed by atoms with E-state index in [9.17, 15) is 4.39 Å². The van der Waals surface area contributed by atoms with Crippen molar-refractivity contribution >= 4 is 0 Å². The monoisotopic (exact) mass is 264 g/mol. The fourth-order valence-corrected chi connectivity index (χ4v) is 2.74. The number of hydrogen-bond acceptors (Lipinski definition) is 2. The summed E-state index contributed by atoms with van der Waals surface area (Å²) in [5, 5.41) is 3.51. The zero-order valence-electron chi connectivity index (χ0n) is 12.0. The van der Waals surface area contributed by atoms with Gasteiger partial charge in [-0.3, -0.25) is 0 Å². The van der Waals surface area contributed by atoms with Gasteiger partial charge >= 0.3 is 0 Å². The Morgan fingerprint density at radius 3 is 2.79 bits per heavy atom. The average Bonchev–Trinajstić information content (AvgIpc) is 2.63. The summed E-state index contributed by atoms with van der Waals surface area (Å²) in [7, 11) is 0. The molecule has 1 unspecified atom stereocenters. The number of nitrogens with zero attached hydrogens (tertiary/aromatic N) is 1. The molecule has 1 aliphatic rings. The Morgan fingerprint density at radius 1 is 1.26 bits per heavy atom. The largest absolute Gasteiger partial charge is 0.310 e. The van der Waals surface area contributed by atoms with Crippen molar-refractivity contribution in [2.75, 3.05) is 13.1 Å². The van der Waals surface area contributed by atoms with E-state index in [1.54, 1.807) is 6.07 Å². The van der Waals surface area contributed by atoms with Crippen LogP contribution in [0.25, 0.3) is 0 Å². The zero-order chi connectivity index (χ0) is 13.7. The summed E-state index contributed by atoms with van der Waals surface area (Å²) in [4.78, 5) is 2.53. The summed E-state index contributed by atoms with van der Waals surface area (Å²) in [6.07, 6.45) is 3.58. The fraction of sp³-hybridized carbons (Fsp3) is 0.625. The van der Waals surface area contributed by atoms with Crippen molar-refractivity contribution < 1.29 is 4.39 Å². The van der Waals surface area contributed by atoms with Crippen molar-refractivity contribution in [1.82, 2.24) is 10.2 Å². The predicted molar refractivity (Wildman–Crippen MR) is 77.6 cm³/mol. The second-order valence-corrected chi connectivity index (χ2v) is 5.73. The number of halogens is 1. The molecule has 0 amide bonds. The second kappa shape index (κ2) is 7.01. The lowest BCUT2D eigenvalue weighted by atomic mass is 10.1. The first-order valence-corrected chi connectivity index (χ1v) is 7.37. The van der Waals surface area contributed by atoms with Crippen LogP contribution in [-0.4, -0.2) is 30.1 Å². The van der Waals surface area contributed by atoms with E-state index >= 15 is 0 Å². The number of rotatable bonds is 4. The second-order valence-electron chi connectivity index (χ2n) is 5.73. The van der Waals surface area contributed by atoms with Crippen LogP contribution in [0.2, 0.25) is 0 Å². The zero-order valence-corrected chi connectivity index (χ0v) is 12.0. The van der Waals surface area contributed by atoms with Gasteiger partial charge in [0.15, 0.2) is 0 Å². The van der Waals surface area contributed by atoms with E-state index in [0.717, 1.165) is 18.5 Å². The molecule has 1 fully saturated rings. The highest BCUT2D eigenvalue weighted by molar-refractivity contribution is 5.17. The standard InChI is InChI=1S/C16H25FN2/c1-13(2)19-10-5-7-15(9-11-19)18-12-14-6-3-4-8-16(14)17/h3-4,6,8,13,15,18H,5,7,9-12H2,1-2H3. The molecule has 0 aliphatic carbocycles. The third-order valence-corrected chi connectivity index (χ3v) is 4.03. The Balaban J connectivity index is 1.82. The van der Waals surface area contributed by atoms with Gasteiger partial charge in [-0.25, -0.2) is 4.39 Å². The first-order chi connectivity index (χ1) is 9.16. The van der Waals surface area contributed by atoms with Gasteiger partial charge in [-0.2, -0.15) is 0 Å². The summed E-state index contributed by atoms with van der Waals surface area (Å²) in [6.45, 7) is 7.49. The first-order valence-electron chi connectivity index (χ1n) is 7.37. The van der Waals surface area contributed by atoms with Crippen LogP contribution in [0.1, 0.15) is 38.7 Å². The normalized spacial score (nSPS) is 21.6. The van der Waals surface area contributed by atoms with Crippen LogP contribution in [0, 0.1) is 5.82 Å². The minimum Gasteiger partial charge on any atom is -0.310 e. The van der Waals surface area contributed by atoms with Crippen molar-refractivity contribution in [1.29, 1.82) is 0 Å². The molecule has 1 aliphatic heterocycles. The topological polar surface area (TPSA) is 15.3 Å². The summed E-state index contributed by atoms with van der Waals surface area (Å²) in [5.41, 5.74) is 0.771. The molecular weight excluding hydrogens is 239 g/mol. The van der Waals surface area contributed by atoms with Crippen molar-refractivity contribution in [3.05, 3.63) is 35.6 Å².